The molecule has 2 aliphatic rings. The minimum Gasteiger partial charge on any atom is -0.454 e. The average Bonchev–Trinajstić information content (AvgIpc) is 3.67. The lowest BCUT2D eigenvalue weighted by molar-refractivity contribution is 0.660. The fourth-order valence-electron chi connectivity index (χ4n) is 8.92. The van der Waals surface area contributed by atoms with Gasteiger partial charge in [-0.2, -0.15) is 0 Å². The molecule has 0 bridgehead atoms. The molecule has 0 N–H and O–H groups in total. The number of para-hydroxylation sites is 2. The summed E-state index contributed by atoms with van der Waals surface area (Å²) in [4.78, 5) is 2.47. The van der Waals surface area contributed by atoms with Crippen LogP contribution in [0.1, 0.15) is 48.9 Å². The summed E-state index contributed by atoms with van der Waals surface area (Å²) in [6.45, 7) is 4.76. The van der Waals surface area contributed by atoms with Gasteiger partial charge in [0.1, 0.15) is 5.58 Å². The van der Waals surface area contributed by atoms with Crippen LogP contribution in [0.15, 0.2) is 156 Å². The van der Waals surface area contributed by atoms with E-state index in [9.17, 15) is 0 Å². The van der Waals surface area contributed by atoms with E-state index >= 15 is 0 Å². The van der Waals surface area contributed by atoms with Gasteiger partial charge in [-0.25, -0.2) is 0 Å². The summed E-state index contributed by atoms with van der Waals surface area (Å²) in [5.74, 6) is 0. The van der Waals surface area contributed by atoms with E-state index in [1.165, 1.54) is 74.2 Å². The maximum absolute atomic E-state index is 6.78. The maximum Gasteiger partial charge on any atom is 0.159 e. The molecule has 0 amide bonds. The Morgan fingerprint density at radius 1 is 0.510 bits per heavy atom. The number of aryl methyl sites for hydroxylation is 1. The number of rotatable bonds is 5. The summed E-state index contributed by atoms with van der Waals surface area (Å²) in [6, 6.07) is 55.7. The summed E-state index contributed by atoms with van der Waals surface area (Å²) in [6.07, 6.45) is 4.73. The number of fused-ring (bicyclic) bond motifs is 7. The molecule has 7 aromatic carbocycles. The molecule has 0 fully saturated rings. The highest BCUT2D eigenvalue weighted by Gasteiger charge is 2.37. The number of hydrogen-bond donors (Lipinski definition) is 0. The molecule has 0 aliphatic heterocycles. The molecule has 0 spiro atoms. The first-order valence-corrected chi connectivity index (χ1v) is 18.3. The van der Waals surface area contributed by atoms with Gasteiger partial charge >= 0.3 is 0 Å². The minimum absolute atomic E-state index is 0.149. The van der Waals surface area contributed by atoms with Crippen LogP contribution in [0, 0.1) is 0 Å². The van der Waals surface area contributed by atoms with Crippen molar-refractivity contribution in [1.29, 1.82) is 0 Å². The van der Waals surface area contributed by atoms with Crippen LogP contribution in [0.3, 0.4) is 0 Å². The summed E-state index contributed by atoms with van der Waals surface area (Å²) in [7, 11) is 0. The third-order valence-corrected chi connectivity index (χ3v) is 11.5. The van der Waals surface area contributed by atoms with Crippen LogP contribution >= 0.6 is 0 Å². The van der Waals surface area contributed by atoms with Crippen molar-refractivity contribution in [1.82, 2.24) is 0 Å². The van der Waals surface area contributed by atoms with Crippen LogP contribution < -0.4 is 4.90 Å². The van der Waals surface area contributed by atoms with E-state index in [-0.39, 0.29) is 5.41 Å². The van der Waals surface area contributed by atoms with Gasteiger partial charge in [0.15, 0.2) is 5.58 Å². The van der Waals surface area contributed by atoms with Crippen molar-refractivity contribution in [3.05, 3.63) is 174 Å². The summed E-state index contributed by atoms with van der Waals surface area (Å²) >= 11 is 0. The Balaban J connectivity index is 1.29. The number of furan rings is 1. The molecular formula is C49H39NO. The third-order valence-electron chi connectivity index (χ3n) is 11.5. The van der Waals surface area contributed by atoms with E-state index in [0.29, 0.717) is 0 Å². The van der Waals surface area contributed by atoms with Gasteiger partial charge in [0.2, 0.25) is 0 Å². The quantitative estimate of drug-likeness (QED) is 0.183. The first-order chi connectivity index (χ1) is 25.1. The van der Waals surface area contributed by atoms with E-state index in [1.54, 1.807) is 0 Å². The zero-order valence-electron chi connectivity index (χ0n) is 29.1. The van der Waals surface area contributed by atoms with Crippen molar-refractivity contribution < 1.29 is 4.42 Å². The molecule has 2 nitrogen and oxygen atoms in total. The first kappa shape index (κ1) is 30.0. The Morgan fingerprint density at radius 2 is 1.22 bits per heavy atom. The lowest BCUT2D eigenvalue weighted by Gasteiger charge is -2.31. The molecule has 2 aliphatic carbocycles. The fourth-order valence-corrected chi connectivity index (χ4v) is 8.92. The molecule has 0 saturated carbocycles. The monoisotopic (exact) mass is 657 g/mol. The standard InChI is InChI=1S/C49H39NO/c1-49(2)43-23-10-8-19-38(43)41-30-42(37-21-12-17-34-16-6-7-18-36(34)37)46(31-44(41)49)50(35-28-26-33(27-29-35)32-14-4-3-5-15-32)45-24-13-22-40-39-20-9-11-25-47(39)51-48(40)45/h3-5,8-15,17,19-31H,6-7,16,18H2,1-2H3. The van der Waals surface area contributed by atoms with Crippen LogP contribution in [0.2, 0.25) is 0 Å². The van der Waals surface area contributed by atoms with E-state index in [1.807, 2.05) is 0 Å². The van der Waals surface area contributed by atoms with Gasteiger partial charge in [0, 0.05) is 27.4 Å². The normalized spacial score (nSPS) is 14.3. The Hall–Kier alpha value is -5.86. The molecule has 10 rings (SSSR count). The van der Waals surface area contributed by atoms with Crippen LogP contribution in [-0.4, -0.2) is 0 Å². The number of anilines is 3. The van der Waals surface area contributed by atoms with Crippen molar-refractivity contribution in [2.45, 2.75) is 44.9 Å². The Bertz CT molecular complexity index is 2610. The highest BCUT2D eigenvalue weighted by Crippen LogP contribution is 2.55. The van der Waals surface area contributed by atoms with Crippen LogP contribution in [0.4, 0.5) is 17.1 Å². The second-order valence-electron chi connectivity index (χ2n) is 14.7. The van der Waals surface area contributed by atoms with Crippen molar-refractivity contribution in [3.63, 3.8) is 0 Å². The molecule has 0 radical (unpaired) electrons. The zero-order chi connectivity index (χ0) is 34.1. The second kappa shape index (κ2) is 11.6. The van der Waals surface area contributed by atoms with Gasteiger partial charge in [-0.05, 0) is 112 Å². The van der Waals surface area contributed by atoms with Gasteiger partial charge in [0.25, 0.3) is 0 Å². The molecule has 1 aromatic heterocycles. The molecule has 0 atom stereocenters. The first-order valence-electron chi connectivity index (χ1n) is 18.3. The van der Waals surface area contributed by atoms with Crippen molar-refractivity contribution in [2.24, 2.45) is 0 Å². The van der Waals surface area contributed by atoms with Crippen LogP contribution in [0.5, 0.6) is 0 Å². The number of benzene rings is 7. The summed E-state index contributed by atoms with van der Waals surface area (Å²) < 4.78 is 6.78. The van der Waals surface area contributed by atoms with Gasteiger partial charge in [-0.3, -0.25) is 0 Å². The van der Waals surface area contributed by atoms with E-state index in [4.69, 9.17) is 4.42 Å². The van der Waals surface area contributed by atoms with E-state index in [2.05, 4.69) is 170 Å². The second-order valence-corrected chi connectivity index (χ2v) is 14.7. The molecule has 51 heavy (non-hydrogen) atoms. The topological polar surface area (TPSA) is 16.4 Å². The van der Waals surface area contributed by atoms with Gasteiger partial charge in [-0.1, -0.05) is 129 Å². The van der Waals surface area contributed by atoms with Crippen LogP contribution in [-0.2, 0) is 18.3 Å². The average molecular weight is 658 g/mol. The van der Waals surface area contributed by atoms with Crippen LogP contribution in [0.25, 0.3) is 55.3 Å². The Kier molecular flexibility index (Phi) is 6.83. The lowest BCUT2D eigenvalue weighted by atomic mass is 9.80. The SMILES string of the molecule is CC1(C)c2ccccc2-c2cc(-c3cccc4c3CCCC4)c(N(c3ccc(-c4ccccc4)cc3)c3cccc4c3oc3ccccc34)cc21. The summed E-state index contributed by atoms with van der Waals surface area (Å²) in [5, 5.41) is 2.26. The highest BCUT2D eigenvalue weighted by atomic mass is 16.3. The minimum atomic E-state index is -0.149. The number of nitrogens with zero attached hydrogens (tertiary/aromatic N) is 1. The maximum atomic E-state index is 6.78. The van der Waals surface area contributed by atoms with Crippen molar-refractivity contribution >= 4 is 39.0 Å². The molecular weight excluding hydrogens is 619 g/mol. The molecule has 1 heterocycles. The lowest BCUT2D eigenvalue weighted by Crippen LogP contribution is -2.17. The predicted molar refractivity (Wildman–Crippen MR) is 213 cm³/mol. The Labute approximate surface area is 299 Å². The molecule has 246 valence electrons. The highest BCUT2D eigenvalue weighted by molar-refractivity contribution is 6.11. The van der Waals surface area contributed by atoms with Gasteiger partial charge in [0.05, 0.1) is 11.4 Å². The van der Waals surface area contributed by atoms with E-state index in [0.717, 1.165) is 46.2 Å². The van der Waals surface area contributed by atoms with Gasteiger partial charge in [-0.15, -0.1) is 0 Å². The predicted octanol–water partition coefficient (Wildman–Crippen LogP) is 13.6. The fraction of sp³-hybridized carbons (Fsp3) is 0.143. The molecule has 0 unspecified atom stereocenters. The molecule has 8 aromatic rings. The van der Waals surface area contributed by atoms with E-state index < -0.39 is 0 Å². The zero-order valence-corrected chi connectivity index (χ0v) is 29.1. The molecule has 2 heteroatoms. The van der Waals surface area contributed by atoms with Gasteiger partial charge < -0.3 is 9.32 Å². The number of hydrogen-bond acceptors (Lipinski definition) is 2. The smallest absolute Gasteiger partial charge is 0.159 e. The van der Waals surface area contributed by atoms with Crippen molar-refractivity contribution in [3.8, 4) is 33.4 Å². The van der Waals surface area contributed by atoms with Crippen molar-refractivity contribution in [2.75, 3.05) is 4.90 Å². The molecule has 0 saturated heterocycles. The largest absolute Gasteiger partial charge is 0.454 e. The summed E-state index contributed by atoms with van der Waals surface area (Å²) in [5.41, 5.74) is 18.4. The third kappa shape index (κ3) is 4.70. The Morgan fingerprint density at radius 3 is 2.10 bits per heavy atom.